The van der Waals surface area contributed by atoms with Gasteiger partial charge in [0, 0.05) is 0 Å². The molecule has 1 N–H and O–H groups in total. The van der Waals surface area contributed by atoms with Crippen molar-refractivity contribution in [1.82, 2.24) is 0 Å². The monoisotopic (exact) mass is 167 g/mol. The Morgan fingerprint density at radius 2 is 2.08 bits per heavy atom. The van der Waals surface area contributed by atoms with Gasteiger partial charge in [-0.2, -0.15) is 5.26 Å². The highest BCUT2D eigenvalue weighted by Gasteiger charge is 2.55. The van der Waals surface area contributed by atoms with Crippen molar-refractivity contribution in [2.24, 2.45) is 11.3 Å². The van der Waals surface area contributed by atoms with E-state index in [1.807, 2.05) is 20.8 Å². The van der Waals surface area contributed by atoms with Crippen LogP contribution in [-0.2, 0) is 0 Å². The molecule has 0 spiro atoms. The normalized spacial score (nSPS) is 34.9. The maximum atomic E-state index is 10.2. The summed E-state index contributed by atoms with van der Waals surface area (Å²) in [7, 11) is 0. The van der Waals surface area contributed by atoms with E-state index in [2.05, 4.69) is 6.07 Å². The zero-order chi connectivity index (χ0) is 9.41. The molecule has 68 valence electrons. The minimum atomic E-state index is -0.726. The van der Waals surface area contributed by atoms with Crippen molar-refractivity contribution in [3.8, 4) is 6.07 Å². The molecule has 0 aromatic heterocycles. The lowest BCUT2D eigenvalue weighted by atomic mass is 9.54. The lowest BCUT2D eigenvalue weighted by molar-refractivity contribution is -0.173. The second-order valence-electron chi connectivity index (χ2n) is 4.40. The quantitative estimate of drug-likeness (QED) is 0.684. The first kappa shape index (κ1) is 9.54. The second kappa shape index (κ2) is 2.74. The predicted octanol–water partition coefficient (Wildman–Crippen LogP) is 2.09. The van der Waals surface area contributed by atoms with Crippen LogP contribution in [0, 0.1) is 22.7 Å². The molecule has 2 unspecified atom stereocenters. The molecule has 2 heteroatoms. The van der Waals surface area contributed by atoms with Crippen LogP contribution in [0.2, 0.25) is 0 Å². The zero-order valence-electron chi connectivity index (χ0n) is 8.09. The SMILES string of the molecule is CCC(C#N)C1(O)CCC1(C)C. The smallest absolute Gasteiger partial charge is 0.0855 e. The Hall–Kier alpha value is -0.550. The average molecular weight is 167 g/mol. The van der Waals surface area contributed by atoms with Crippen molar-refractivity contribution < 1.29 is 5.11 Å². The molecule has 2 nitrogen and oxygen atoms in total. The van der Waals surface area contributed by atoms with Crippen LogP contribution < -0.4 is 0 Å². The first-order valence-corrected chi connectivity index (χ1v) is 4.60. The van der Waals surface area contributed by atoms with Crippen molar-refractivity contribution in [3.63, 3.8) is 0 Å². The van der Waals surface area contributed by atoms with Crippen LogP contribution in [0.15, 0.2) is 0 Å². The highest BCUT2D eigenvalue weighted by Crippen LogP contribution is 2.53. The van der Waals surface area contributed by atoms with Crippen molar-refractivity contribution in [2.75, 3.05) is 0 Å². The molecule has 1 aliphatic carbocycles. The van der Waals surface area contributed by atoms with Gasteiger partial charge in [0.2, 0.25) is 0 Å². The van der Waals surface area contributed by atoms with Gasteiger partial charge in [-0.15, -0.1) is 0 Å². The first-order valence-electron chi connectivity index (χ1n) is 4.60. The van der Waals surface area contributed by atoms with Gasteiger partial charge >= 0.3 is 0 Å². The molecule has 1 saturated carbocycles. The molecule has 0 saturated heterocycles. The third kappa shape index (κ3) is 1.04. The highest BCUT2D eigenvalue weighted by atomic mass is 16.3. The average Bonchev–Trinajstić information content (AvgIpc) is 2.04. The Labute approximate surface area is 74.2 Å². The number of rotatable bonds is 2. The van der Waals surface area contributed by atoms with Crippen LogP contribution in [0.3, 0.4) is 0 Å². The Balaban J connectivity index is 2.80. The van der Waals surface area contributed by atoms with E-state index in [0.717, 1.165) is 19.3 Å². The summed E-state index contributed by atoms with van der Waals surface area (Å²) in [5.41, 5.74) is -0.792. The molecule has 0 radical (unpaired) electrons. The van der Waals surface area contributed by atoms with Gasteiger partial charge in [0.25, 0.3) is 0 Å². The lowest BCUT2D eigenvalue weighted by Gasteiger charge is -2.54. The second-order valence-corrected chi connectivity index (χ2v) is 4.40. The minimum absolute atomic E-state index is 0.0661. The first-order chi connectivity index (χ1) is 5.48. The third-order valence-corrected chi connectivity index (χ3v) is 3.44. The molecule has 0 aliphatic heterocycles. The summed E-state index contributed by atoms with van der Waals surface area (Å²) >= 11 is 0. The van der Waals surface area contributed by atoms with E-state index in [4.69, 9.17) is 5.26 Å². The van der Waals surface area contributed by atoms with E-state index < -0.39 is 5.60 Å². The topological polar surface area (TPSA) is 44.0 Å². The molecule has 0 heterocycles. The molecule has 0 bridgehead atoms. The van der Waals surface area contributed by atoms with Crippen LogP contribution in [0.4, 0.5) is 0 Å². The van der Waals surface area contributed by atoms with Crippen molar-refractivity contribution in [3.05, 3.63) is 0 Å². The number of hydrogen-bond donors (Lipinski definition) is 1. The van der Waals surface area contributed by atoms with E-state index in [0.29, 0.717) is 0 Å². The number of nitriles is 1. The fourth-order valence-electron chi connectivity index (χ4n) is 2.06. The molecule has 1 rings (SSSR count). The standard InChI is InChI=1S/C10H17NO/c1-4-8(7-11)10(12)6-5-9(10,2)3/h8,12H,4-6H2,1-3H3. The fraction of sp³-hybridized carbons (Fsp3) is 0.900. The van der Waals surface area contributed by atoms with Gasteiger partial charge in [0.05, 0.1) is 17.6 Å². The Bertz CT molecular complexity index is 216. The molecule has 0 aromatic rings. The van der Waals surface area contributed by atoms with Gasteiger partial charge in [-0.05, 0) is 24.7 Å². The molecule has 2 atom stereocenters. The Morgan fingerprint density at radius 3 is 2.17 bits per heavy atom. The molecule has 12 heavy (non-hydrogen) atoms. The third-order valence-electron chi connectivity index (χ3n) is 3.44. The molecular formula is C10H17NO. The van der Waals surface area contributed by atoms with Gasteiger partial charge in [0.1, 0.15) is 0 Å². The maximum absolute atomic E-state index is 10.2. The molecule has 1 fully saturated rings. The van der Waals surface area contributed by atoms with E-state index in [-0.39, 0.29) is 11.3 Å². The highest BCUT2D eigenvalue weighted by molar-refractivity contribution is 5.11. The van der Waals surface area contributed by atoms with Crippen LogP contribution in [-0.4, -0.2) is 10.7 Å². The van der Waals surface area contributed by atoms with Gasteiger partial charge < -0.3 is 5.11 Å². The number of hydrogen-bond acceptors (Lipinski definition) is 2. The van der Waals surface area contributed by atoms with Gasteiger partial charge in [-0.25, -0.2) is 0 Å². The summed E-state index contributed by atoms with van der Waals surface area (Å²) in [6.07, 6.45) is 2.56. The summed E-state index contributed by atoms with van der Waals surface area (Å²) in [4.78, 5) is 0. The summed E-state index contributed by atoms with van der Waals surface area (Å²) in [6.45, 7) is 6.03. The van der Waals surface area contributed by atoms with E-state index in [9.17, 15) is 5.11 Å². The zero-order valence-corrected chi connectivity index (χ0v) is 8.09. The number of nitrogens with zero attached hydrogens (tertiary/aromatic N) is 1. The summed E-state index contributed by atoms with van der Waals surface area (Å²) in [5.74, 6) is -0.193. The van der Waals surface area contributed by atoms with E-state index in [1.165, 1.54) is 0 Å². The van der Waals surface area contributed by atoms with Crippen LogP contribution in [0.1, 0.15) is 40.0 Å². The van der Waals surface area contributed by atoms with Crippen molar-refractivity contribution in [2.45, 2.75) is 45.6 Å². The van der Waals surface area contributed by atoms with Gasteiger partial charge in [-0.1, -0.05) is 20.8 Å². The van der Waals surface area contributed by atoms with Crippen LogP contribution in [0.5, 0.6) is 0 Å². The minimum Gasteiger partial charge on any atom is -0.388 e. The predicted molar refractivity (Wildman–Crippen MR) is 47.4 cm³/mol. The maximum Gasteiger partial charge on any atom is 0.0855 e. The molecule has 0 amide bonds. The largest absolute Gasteiger partial charge is 0.388 e. The Morgan fingerprint density at radius 1 is 1.50 bits per heavy atom. The van der Waals surface area contributed by atoms with Crippen LogP contribution in [0.25, 0.3) is 0 Å². The summed E-state index contributed by atoms with van der Waals surface area (Å²) in [6, 6.07) is 2.20. The van der Waals surface area contributed by atoms with Gasteiger partial charge in [-0.3, -0.25) is 0 Å². The molecule has 0 aromatic carbocycles. The number of aliphatic hydroxyl groups is 1. The molecule has 1 aliphatic rings. The van der Waals surface area contributed by atoms with Gasteiger partial charge in [0.15, 0.2) is 0 Å². The van der Waals surface area contributed by atoms with Crippen molar-refractivity contribution >= 4 is 0 Å². The Kier molecular flexibility index (Phi) is 2.18. The van der Waals surface area contributed by atoms with E-state index >= 15 is 0 Å². The molecular weight excluding hydrogens is 150 g/mol. The van der Waals surface area contributed by atoms with E-state index in [1.54, 1.807) is 0 Å². The lowest BCUT2D eigenvalue weighted by Crippen LogP contribution is -2.58. The fourth-order valence-corrected chi connectivity index (χ4v) is 2.06. The van der Waals surface area contributed by atoms with Crippen molar-refractivity contribution in [1.29, 1.82) is 5.26 Å². The van der Waals surface area contributed by atoms with Crippen LogP contribution >= 0.6 is 0 Å². The summed E-state index contributed by atoms with van der Waals surface area (Å²) in [5, 5.41) is 19.0. The summed E-state index contributed by atoms with van der Waals surface area (Å²) < 4.78 is 0.